The normalized spacial score (nSPS) is 23.8. The first-order valence-corrected chi connectivity index (χ1v) is 13.0. The van der Waals surface area contributed by atoms with Crippen LogP contribution < -0.4 is 9.47 Å². The fourth-order valence-corrected chi connectivity index (χ4v) is 5.35. The number of nitrogens with zero attached hydrogens (tertiary/aromatic N) is 4. The van der Waals surface area contributed by atoms with Crippen molar-refractivity contribution >= 4 is 12.1 Å². The molecular formula is C27H40N4O6. The molecule has 1 aromatic carbocycles. The summed E-state index contributed by atoms with van der Waals surface area (Å²) in [6.45, 7) is 7.43. The summed E-state index contributed by atoms with van der Waals surface area (Å²) in [7, 11) is 3.08. The molecule has 2 aliphatic carbocycles. The van der Waals surface area contributed by atoms with Crippen LogP contribution in [0.25, 0.3) is 10.4 Å². The molecule has 0 unspecified atom stereocenters. The highest BCUT2D eigenvalue weighted by Crippen LogP contribution is 2.35. The number of aryl methyl sites for hydroxylation is 1. The highest BCUT2D eigenvalue weighted by molar-refractivity contribution is 5.94. The van der Waals surface area contributed by atoms with E-state index in [2.05, 4.69) is 10.0 Å². The first kappa shape index (κ1) is 28.4. The molecule has 0 saturated heterocycles. The summed E-state index contributed by atoms with van der Waals surface area (Å²) in [4.78, 5) is 31.2. The lowest BCUT2D eigenvalue weighted by molar-refractivity contribution is -0.0194. The summed E-state index contributed by atoms with van der Waals surface area (Å²) >= 11 is 0. The predicted octanol–water partition coefficient (Wildman–Crippen LogP) is 6.34. The predicted molar refractivity (Wildman–Crippen MR) is 139 cm³/mol. The third-order valence-corrected chi connectivity index (χ3v) is 7.12. The number of methoxy groups -OCH3 is 2. The number of azide groups is 1. The number of amides is 1. The van der Waals surface area contributed by atoms with Gasteiger partial charge >= 0.3 is 12.1 Å². The van der Waals surface area contributed by atoms with Crippen LogP contribution in [0.1, 0.15) is 88.1 Å². The standard InChI is InChI=1S/C27H40N4O6/c1-17-15-22(34-5)16-23(35-6)24(17)25(32)36-21-13-11-20(12-14-21)31(26(33)37-27(2,3)4)19-9-7-18(8-10-19)29-30-28/h15-16,18-21H,7-14H2,1-6H3/t18-,19+,20?,21?. The zero-order valence-electron chi connectivity index (χ0n) is 22.9. The van der Waals surface area contributed by atoms with Crippen molar-refractivity contribution < 1.29 is 28.5 Å². The van der Waals surface area contributed by atoms with Crippen LogP contribution in [0.4, 0.5) is 4.79 Å². The molecule has 2 aliphatic rings. The van der Waals surface area contributed by atoms with Crippen LogP contribution >= 0.6 is 0 Å². The molecule has 0 spiro atoms. The summed E-state index contributed by atoms with van der Waals surface area (Å²) in [6.07, 6.45) is 5.24. The molecule has 2 fully saturated rings. The Hall–Kier alpha value is -3.13. The second kappa shape index (κ2) is 12.4. The summed E-state index contributed by atoms with van der Waals surface area (Å²) in [6, 6.07) is 3.48. The van der Waals surface area contributed by atoms with Gasteiger partial charge in [-0.15, -0.1) is 0 Å². The van der Waals surface area contributed by atoms with Gasteiger partial charge in [-0.25, -0.2) is 9.59 Å². The van der Waals surface area contributed by atoms with Crippen LogP contribution in [0.15, 0.2) is 17.2 Å². The number of esters is 1. The molecule has 0 N–H and O–H groups in total. The van der Waals surface area contributed by atoms with Gasteiger partial charge in [0.2, 0.25) is 0 Å². The van der Waals surface area contributed by atoms with E-state index >= 15 is 0 Å². The first-order chi connectivity index (χ1) is 17.6. The zero-order chi connectivity index (χ0) is 27.2. The topological polar surface area (TPSA) is 123 Å². The minimum absolute atomic E-state index is 0.00285. The first-order valence-electron chi connectivity index (χ1n) is 13.0. The molecule has 10 heteroatoms. The molecule has 0 bridgehead atoms. The Balaban J connectivity index is 1.67. The number of carbonyl (C=O) groups excluding carboxylic acids is 2. The number of carbonyl (C=O) groups is 2. The van der Waals surface area contributed by atoms with E-state index in [9.17, 15) is 9.59 Å². The molecule has 0 aliphatic heterocycles. The Morgan fingerprint density at radius 1 is 0.973 bits per heavy atom. The molecule has 204 valence electrons. The fraction of sp³-hybridized carbons (Fsp3) is 0.704. The van der Waals surface area contributed by atoms with Gasteiger partial charge in [0.1, 0.15) is 28.8 Å². The molecule has 1 amide bonds. The van der Waals surface area contributed by atoms with E-state index in [-0.39, 0.29) is 30.3 Å². The highest BCUT2D eigenvalue weighted by Gasteiger charge is 2.38. The van der Waals surface area contributed by atoms with E-state index in [1.165, 1.54) is 7.11 Å². The van der Waals surface area contributed by atoms with Gasteiger partial charge in [-0.3, -0.25) is 0 Å². The van der Waals surface area contributed by atoms with Crippen molar-refractivity contribution in [2.45, 2.75) is 109 Å². The summed E-state index contributed by atoms with van der Waals surface area (Å²) in [5.41, 5.74) is 9.29. The number of ether oxygens (including phenoxy) is 4. The average molecular weight is 517 g/mol. The molecule has 2 saturated carbocycles. The lowest BCUT2D eigenvalue weighted by Crippen LogP contribution is -2.52. The SMILES string of the molecule is COc1cc(C)c(C(=O)OC2CCC(N(C(=O)OC(C)(C)C)[C@H]3CC[C@@H](N=[N+]=[N-])CC3)CC2)c(OC)c1. The second-order valence-electron chi connectivity index (χ2n) is 10.9. The smallest absolute Gasteiger partial charge is 0.410 e. The Bertz CT molecular complexity index is 1000. The molecule has 0 aromatic heterocycles. The van der Waals surface area contributed by atoms with Crippen molar-refractivity contribution in [3.63, 3.8) is 0 Å². The molecule has 37 heavy (non-hydrogen) atoms. The molecule has 10 nitrogen and oxygen atoms in total. The molecule has 0 atom stereocenters. The Kier molecular flexibility index (Phi) is 9.54. The lowest BCUT2D eigenvalue weighted by atomic mass is 9.86. The second-order valence-corrected chi connectivity index (χ2v) is 10.9. The van der Waals surface area contributed by atoms with Gasteiger partial charge in [0.25, 0.3) is 0 Å². The van der Waals surface area contributed by atoms with E-state index in [4.69, 9.17) is 24.5 Å². The molecular weight excluding hydrogens is 476 g/mol. The number of hydrogen-bond donors (Lipinski definition) is 0. The third-order valence-electron chi connectivity index (χ3n) is 7.12. The molecule has 1 aromatic rings. The van der Waals surface area contributed by atoms with E-state index in [0.717, 1.165) is 31.2 Å². The molecule has 3 rings (SSSR count). The van der Waals surface area contributed by atoms with Crippen molar-refractivity contribution in [1.82, 2.24) is 4.90 Å². The number of rotatable bonds is 7. The maximum Gasteiger partial charge on any atom is 0.410 e. The van der Waals surface area contributed by atoms with Crippen LogP contribution in [-0.4, -0.2) is 61.0 Å². The average Bonchev–Trinajstić information content (AvgIpc) is 2.84. The molecule has 0 heterocycles. The quantitative estimate of drug-likeness (QED) is 0.180. The van der Waals surface area contributed by atoms with E-state index in [1.54, 1.807) is 19.2 Å². The minimum atomic E-state index is -0.598. The van der Waals surface area contributed by atoms with Crippen LogP contribution in [0, 0.1) is 6.92 Å². The van der Waals surface area contributed by atoms with Crippen molar-refractivity contribution in [3.8, 4) is 11.5 Å². The van der Waals surface area contributed by atoms with E-state index in [1.807, 2.05) is 32.6 Å². The maximum atomic E-state index is 13.3. The zero-order valence-corrected chi connectivity index (χ0v) is 22.9. The van der Waals surface area contributed by atoms with Crippen molar-refractivity contribution in [1.29, 1.82) is 0 Å². The largest absolute Gasteiger partial charge is 0.497 e. The monoisotopic (exact) mass is 516 g/mol. The van der Waals surface area contributed by atoms with Crippen LogP contribution in [0.2, 0.25) is 0 Å². The van der Waals surface area contributed by atoms with Gasteiger partial charge in [0.05, 0.1) is 14.2 Å². The Morgan fingerprint density at radius 2 is 1.57 bits per heavy atom. The fourth-order valence-electron chi connectivity index (χ4n) is 5.35. The summed E-state index contributed by atoms with van der Waals surface area (Å²) in [5, 5.41) is 3.87. The van der Waals surface area contributed by atoms with Crippen molar-refractivity contribution in [2.75, 3.05) is 14.2 Å². The van der Waals surface area contributed by atoms with Gasteiger partial charge < -0.3 is 23.8 Å². The van der Waals surface area contributed by atoms with Gasteiger partial charge in [-0.1, -0.05) is 5.11 Å². The number of benzene rings is 1. The van der Waals surface area contributed by atoms with E-state index < -0.39 is 11.6 Å². The summed E-state index contributed by atoms with van der Waals surface area (Å²) < 4.78 is 22.4. The van der Waals surface area contributed by atoms with Gasteiger partial charge in [-0.2, -0.15) is 0 Å². The van der Waals surface area contributed by atoms with Crippen molar-refractivity contribution in [2.24, 2.45) is 5.11 Å². The lowest BCUT2D eigenvalue weighted by Gasteiger charge is -2.43. The maximum absolute atomic E-state index is 13.3. The highest BCUT2D eigenvalue weighted by atomic mass is 16.6. The third kappa shape index (κ3) is 7.44. The van der Waals surface area contributed by atoms with Crippen LogP contribution in [0.3, 0.4) is 0 Å². The van der Waals surface area contributed by atoms with E-state index in [0.29, 0.717) is 42.7 Å². The minimum Gasteiger partial charge on any atom is -0.497 e. The van der Waals surface area contributed by atoms with Crippen LogP contribution in [-0.2, 0) is 9.47 Å². The van der Waals surface area contributed by atoms with Gasteiger partial charge in [0.15, 0.2) is 0 Å². The molecule has 0 radical (unpaired) electrons. The summed E-state index contributed by atoms with van der Waals surface area (Å²) in [5.74, 6) is 0.617. The Morgan fingerprint density at radius 3 is 2.08 bits per heavy atom. The Labute approximate surface area is 219 Å². The number of hydrogen-bond acceptors (Lipinski definition) is 7. The van der Waals surface area contributed by atoms with Crippen molar-refractivity contribution in [3.05, 3.63) is 33.7 Å². The van der Waals surface area contributed by atoms with Crippen LogP contribution in [0.5, 0.6) is 11.5 Å². The van der Waals surface area contributed by atoms with Gasteiger partial charge in [-0.05, 0) is 96.2 Å². The van der Waals surface area contributed by atoms with Gasteiger partial charge in [0, 0.05) is 29.1 Å².